The molecule has 0 saturated heterocycles. The zero-order valence-corrected chi connectivity index (χ0v) is 14.3. The van der Waals surface area contributed by atoms with Crippen LogP contribution in [0.3, 0.4) is 0 Å². The summed E-state index contributed by atoms with van der Waals surface area (Å²) in [6.45, 7) is 0. The molecule has 0 radical (unpaired) electrons. The number of hydrogen-bond donors (Lipinski definition) is 1. The summed E-state index contributed by atoms with van der Waals surface area (Å²) < 4.78 is 1.01. The summed E-state index contributed by atoms with van der Waals surface area (Å²) in [5, 5.41) is 5.17. The summed E-state index contributed by atoms with van der Waals surface area (Å²) in [7, 11) is 0. The number of aromatic nitrogens is 2. The molecule has 114 valence electrons. The van der Waals surface area contributed by atoms with E-state index in [2.05, 4.69) is 36.4 Å². The maximum absolute atomic E-state index is 5.96. The molecule has 0 atom stereocenters. The number of hydrazone groups is 1. The van der Waals surface area contributed by atoms with Gasteiger partial charge in [-0.2, -0.15) is 5.10 Å². The monoisotopic (exact) mass is 386 g/mol. The van der Waals surface area contributed by atoms with Gasteiger partial charge in [-0.1, -0.05) is 39.7 Å². The van der Waals surface area contributed by atoms with Gasteiger partial charge in [0.1, 0.15) is 11.4 Å². The van der Waals surface area contributed by atoms with Gasteiger partial charge in [-0.05, 0) is 36.4 Å². The lowest BCUT2D eigenvalue weighted by molar-refractivity contribution is 1.17. The van der Waals surface area contributed by atoms with E-state index in [1.54, 1.807) is 18.6 Å². The molecule has 0 spiro atoms. The molecule has 1 N–H and O–H groups in total. The van der Waals surface area contributed by atoms with Gasteiger partial charge < -0.3 is 0 Å². The van der Waals surface area contributed by atoms with Crippen LogP contribution in [0.15, 0.2) is 76.7 Å². The van der Waals surface area contributed by atoms with Crippen LogP contribution in [0.2, 0.25) is 5.02 Å². The SMILES string of the molecule is Clc1ccc(/C(=N/Nc2ccc(Br)cc2)c2cnccn2)cc1. The molecule has 4 nitrogen and oxygen atoms in total. The van der Waals surface area contributed by atoms with Crippen molar-refractivity contribution in [2.45, 2.75) is 0 Å². The molecule has 0 fully saturated rings. The zero-order chi connectivity index (χ0) is 16.1. The van der Waals surface area contributed by atoms with Crippen LogP contribution in [0.4, 0.5) is 5.69 Å². The number of nitrogens with one attached hydrogen (secondary N) is 1. The van der Waals surface area contributed by atoms with Crippen LogP contribution in [0.5, 0.6) is 0 Å². The Bertz CT molecular complexity index is 802. The number of benzene rings is 2. The number of rotatable bonds is 4. The van der Waals surface area contributed by atoms with E-state index in [-0.39, 0.29) is 0 Å². The molecule has 0 bridgehead atoms. The quantitative estimate of drug-likeness (QED) is 0.519. The molecule has 2 aromatic carbocycles. The number of anilines is 1. The van der Waals surface area contributed by atoms with Gasteiger partial charge in [-0.25, -0.2) is 0 Å². The van der Waals surface area contributed by atoms with Gasteiger partial charge in [-0.15, -0.1) is 0 Å². The predicted molar refractivity (Wildman–Crippen MR) is 96.9 cm³/mol. The fourth-order valence-corrected chi connectivity index (χ4v) is 2.33. The van der Waals surface area contributed by atoms with Crippen molar-refractivity contribution in [3.8, 4) is 0 Å². The number of hydrogen-bond acceptors (Lipinski definition) is 4. The van der Waals surface area contributed by atoms with Gasteiger partial charge >= 0.3 is 0 Å². The van der Waals surface area contributed by atoms with E-state index in [9.17, 15) is 0 Å². The Labute approximate surface area is 147 Å². The average Bonchev–Trinajstić information content (AvgIpc) is 2.59. The van der Waals surface area contributed by atoms with Gasteiger partial charge in [0, 0.05) is 27.5 Å². The molecule has 0 aliphatic carbocycles. The highest BCUT2D eigenvalue weighted by Crippen LogP contribution is 2.16. The molecule has 0 unspecified atom stereocenters. The summed E-state index contributed by atoms with van der Waals surface area (Å²) in [6.07, 6.45) is 4.95. The maximum atomic E-state index is 5.96. The standard InChI is InChI=1S/C17H12BrClN4/c18-13-3-7-15(8-4-13)22-23-17(16-11-20-9-10-21-16)12-1-5-14(19)6-2-12/h1-11,22H/b23-17-. The van der Waals surface area contributed by atoms with E-state index in [1.807, 2.05) is 48.5 Å². The second-order valence-corrected chi connectivity index (χ2v) is 6.03. The van der Waals surface area contributed by atoms with Crippen molar-refractivity contribution in [1.29, 1.82) is 0 Å². The van der Waals surface area contributed by atoms with Crippen LogP contribution >= 0.6 is 27.5 Å². The normalized spacial score (nSPS) is 11.3. The number of halogens is 2. The Morgan fingerprint density at radius 2 is 1.74 bits per heavy atom. The van der Waals surface area contributed by atoms with Crippen LogP contribution in [0.1, 0.15) is 11.3 Å². The summed E-state index contributed by atoms with van der Waals surface area (Å²) in [5.74, 6) is 0. The van der Waals surface area contributed by atoms with E-state index < -0.39 is 0 Å². The Hall–Kier alpha value is -2.24. The molecule has 23 heavy (non-hydrogen) atoms. The topological polar surface area (TPSA) is 50.2 Å². The van der Waals surface area contributed by atoms with Gasteiger partial charge in [0.15, 0.2) is 0 Å². The van der Waals surface area contributed by atoms with E-state index in [4.69, 9.17) is 11.6 Å². The molecule has 0 amide bonds. The third kappa shape index (κ3) is 4.15. The molecule has 1 aromatic heterocycles. The molecular formula is C17H12BrClN4. The van der Waals surface area contributed by atoms with Crippen molar-refractivity contribution >= 4 is 38.9 Å². The summed E-state index contributed by atoms with van der Waals surface area (Å²) in [4.78, 5) is 8.44. The van der Waals surface area contributed by atoms with E-state index in [0.717, 1.165) is 15.7 Å². The lowest BCUT2D eigenvalue weighted by Crippen LogP contribution is -2.09. The van der Waals surface area contributed by atoms with E-state index in [1.165, 1.54) is 0 Å². The molecule has 0 aliphatic heterocycles. The van der Waals surface area contributed by atoms with Crippen molar-refractivity contribution in [1.82, 2.24) is 9.97 Å². The predicted octanol–water partition coefficient (Wildman–Crippen LogP) is 4.76. The Morgan fingerprint density at radius 3 is 2.39 bits per heavy atom. The zero-order valence-electron chi connectivity index (χ0n) is 11.9. The fourth-order valence-electron chi connectivity index (χ4n) is 1.94. The highest BCUT2D eigenvalue weighted by atomic mass is 79.9. The summed E-state index contributed by atoms with van der Waals surface area (Å²) >= 11 is 9.37. The van der Waals surface area contributed by atoms with Crippen LogP contribution in [-0.2, 0) is 0 Å². The molecule has 0 aliphatic rings. The van der Waals surface area contributed by atoms with Crippen molar-refractivity contribution in [2.24, 2.45) is 5.10 Å². The van der Waals surface area contributed by atoms with Crippen LogP contribution in [0.25, 0.3) is 0 Å². The van der Waals surface area contributed by atoms with Gasteiger partial charge in [0.25, 0.3) is 0 Å². The van der Waals surface area contributed by atoms with Crippen molar-refractivity contribution in [2.75, 3.05) is 5.43 Å². The molecule has 3 aromatic rings. The van der Waals surface area contributed by atoms with Crippen molar-refractivity contribution in [3.63, 3.8) is 0 Å². The lowest BCUT2D eigenvalue weighted by Gasteiger charge is -2.08. The molecular weight excluding hydrogens is 376 g/mol. The van der Waals surface area contributed by atoms with Gasteiger partial charge in [0.2, 0.25) is 0 Å². The van der Waals surface area contributed by atoms with E-state index >= 15 is 0 Å². The average molecular weight is 388 g/mol. The first kappa shape index (κ1) is 15.6. The largest absolute Gasteiger partial charge is 0.278 e. The van der Waals surface area contributed by atoms with Crippen LogP contribution < -0.4 is 5.43 Å². The van der Waals surface area contributed by atoms with Crippen LogP contribution in [0, 0.1) is 0 Å². The van der Waals surface area contributed by atoms with Crippen LogP contribution in [-0.4, -0.2) is 15.7 Å². The van der Waals surface area contributed by atoms with Crippen molar-refractivity contribution < 1.29 is 0 Å². The smallest absolute Gasteiger partial charge is 0.118 e. The Balaban J connectivity index is 1.96. The number of nitrogens with zero attached hydrogens (tertiary/aromatic N) is 3. The fraction of sp³-hybridized carbons (Fsp3) is 0. The molecule has 6 heteroatoms. The van der Waals surface area contributed by atoms with E-state index in [0.29, 0.717) is 16.4 Å². The third-order valence-corrected chi connectivity index (χ3v) is 3.85. The van der Waals surface area contributed by atoms with Gasteiger partial charge in [0.05, 0.1) is 11.9 Å². The highest BCUT2D eigenvalue weighted by Gasteiger charge is 2.09. The first-order valence-corrected chi connectivity index (χ1v) is 8.01. The minimum absolute atomic E-state index is 0.674. The summed E-state index contributed by atoms with van der Waals surface area (Å²) in [6, 6.07) is 15.2. The second kappa shape index (κ2) is 7.35. The molecule has 3 rings (SSSR count). The van der Waals surface area contributed by atoms with Gasteiger partial charge in [-0.3, -0.25) is 15.4 Å². The minimum atomic E-state index is 0.674. The second-order valence-electron chi connectivity index (χ2n) is 4.68. The first-order valence-electron chi connectivity index (χ1n) is 6.84. The summed E-state index contributed by atoms with van der Waals surface area (Å²) in [5.41, 5.74) is 6.20. The minimum Gasteiger partial charge on any atom is -0.278 e. The maximum Gasteiger partial charge on any atom is 0.118 e. The Morgan fingerprint density at radius 1 is 1.00 bits per heavy atom. The molecule has 1 heterocycles. The molecule has 0 saturated carbocycles. The van der Waals surface area contributed by atoms with Crippen molar-refractivity contribution in [3.05, 3.63) is 87.9 Å². The first-order chi connectivity index (χ1) is 11.2. The Kier molecular flexibility index (Phi) is 5.00. The lowest BCUT2D eigenvalue weighted by atomic mass is 10.1. The highest BCUT2D eigenvalue weighted by molar-refractivity contribution is 9.10. The third-order valence-electron chi connectivity index (χ3n) is 3.06.